The number of nitrogens with zero attached hydrogens (tertiary/aromatic N) is 2. The molecule has 1 saturated heterocycles. The van der Waals surface area contributed by atoms with Gasteiger partial charge in [0, 0.05) is 35.3 Å². The summed E-state index contributed by atoms with van der Waals surface area (Å²) in [6.45, 7) is 3.31. The molecule has 1 saturated carbocycles. The summed E-state index contributed by atoms with van der Waals surface area (Å²) in [5, 5.41) is 4.93. The largest absolute Gasteiger partial charge is 0.434 e. The maximum absolute atomic E-state index is 12.9. The van der Waals surface area contributed by atoms with Gasteiger partial charge in [0.05, 0.1) is 0 Å². The number of halogens is 3. The quantitative estimate of drug-likeness (QED) is 0.675. The molecule has 2 N–H and O–H groups in total. The topological polar surface area (TPSA) is 44.0 Å². The fourth-order valence-electron chi connectivity index (χ4n) is 5.04. The van der Waals surface area contributed by atoms with Crippen LogP contribution >= 0.6 is 11.3 Å². The van der Waals surface area contributed by atoms with Crippen molar-refractivity contribution in [3.63, 3.8) is 0 Å². The molecule has 2 aromatic heterocycles. The Morgan fingerprint density at radius 2 is 1.86 bits per heavy atom. The standard InChI is InChI=1S/C21H25F3N4S/c22-21(23,24)18-12-29-20(27-18)17-11-26-19-16(17)9-14(10-25-19)13-3-5-15(6-4-13)28-7-1-2-8-28/h9,11-13,15,25-26H,1-8,10H2. The molecule has 0 bridgehead atoms. The van der Waals surface area contributed by atoms with Crippen LogP contribution in [-0.2, 0) is 6.18 Å². The van der Waals surface area contributed by atoms with Gasteiger partial charge in [-0.15, -0.1) is 11.3 Å². The van der Waals surface area contributed by atoms with Gasteiger partial charge in [-0.2, -0.15) is 13.2 Å². The van der Waals surface area contributed by atoms with Gasteiger partial charge in [-0.25, -0.2) is 4.98 Å². The second kappa shape index (κ2) is 7.47. The summed E-state index contributed by atoms with van der Waals surface area (Å²) in [6.07, 6.45) is 7.10. The van der Waals surface area contributed by atoms with Gasteiger partial charge in [0.25, 0.3) is 0 Å². The molecular weight excluding hydrogens is 397 g/mol. The Bertz CT molecular complexity index is 899. The monoisotopic (exact) mass is 422 g/mol. The van der Waals surface area contributed by atoms with E-state index < -0.39 is 11.9 Å². The van der Waals surface area contributed by atoms with Crippen molar-refractivity contribution in [2.75, 3.05) is 25.0 Å². The van der Waals surface area contributed by atoms with Crippen molar-refractivity contribution in [1.29, 1.82) is 0 Å². The molecule has 0 aromatic carbocycles. The van der Waals surface area contributed by atoms with Crippen LogP contribution in [0.1, 0.15) is 49.8 Å². The molecule has 0 spiro atoms. The van der Waals surface area contributed by atoms with Crippen molar-refractivity contribution in [3.05, 3.63) is 28.4 Å². The number of hydrogen-bond donors (Lipinski definition) is 2. The van der Waals surface area contributed by atoms with E-state index in [1.165, 1.54) is 57.2 Å². The zero-order chi connectivity index (χ0) is 20.0. The molecule has 3 aliphatic rings. The molecule has 5 rings (SSSR count). The Morgan fingerprint density at radius 3 is 2.55 bits per heavy atom. The molecular formula is C21H25F3N4S. The fourth-order valence-corrected chi connectivity index (χ4v) is 5.90. The van der Waals surface area contributed by atoms with Crippen LogP contribution in [0.3, 0.4) is 0 Å². The number of likely N-dealkylation sites (tertiary alicyclic amines) is 1. The zero-order valence-electron chi connectivity index (χ0n) is 16.2. The molecule has 8 heteroatoms. The van der Waals surface area contributed by atoms with Crippen LogP contribution in [0.2, 0.25) is 0 Å². The van der Waals surface area contributed by atoms with Gasteiger partial charge in [-0.05, 0) is 69.2 Å². The highest BCUT2D eigenvalue weighted by molar-refractivity contribution is 7.13. The number of nitrogens with one attached hydrogen (secondary N) is 2. The summed E-state index contributed by atoms with van der Waals surface area (Å²) < 4.78 is 38.8. The summed E-state index contributed by atoms with van der Waals surface area (Å²) in [5.41, 5.74) is 2.23. The van der Waals surface area contributed by atoms with Crippen molar-refractivity contribution < 1.29 is 13.2 Å². The number of alkyl halides is 3. The van der Waals surface area contributed by atoms with Crippen molar-refractivity contribution in [2.24, 2.45) is 5.92 Å². The average Bonchev–Trinajstić information content (AvgIpc) is 3.46. The first-order chi connectivity index (χ1) is 14.0. The molecule has 0 unspecified atom stereocenters. The maximum Gasteiger partial charge on any atom is 0.434 e. The molecule has 0 amide bonds. The first kappa shape index (κ1) is 19.2. The van der Waals surface area contributed by atoms with E-state index in [9.17, 15) is 13.2 Å². The van der Waals surface area contributed by atoms with E-state index in [1.807, 2.05) is 0 Å². The minimum atomic E-state index is -4.40. The highest BCUT2D eigenvalue weighted by Crippen LogP contribution is 2.41. The summed E-state index contributed by atoms with van der Waals surface area (Å²) in [6, 6.07) is 0.736. The average molecular weight is 423 g/mol. The summed E-state index contributed by atoms with van der Waals surface area (Å²) in [7, 11) is 0. The molecule has 1 aliphatic carbocycles. The second-order valence-corrected chi connectivity index (χ2v) is 9.21. The van der Waals surface area contributed by atoms with Crippen LogP contribution in [0.25, 0.3) is 16.6 Å². The van der Waals surface area contributed by atoms with Gasteiger partial charge < -0.3 is 15.2 Å². The number of aromatic nitrogens is 2. The van der Waals surface area contributed by atoms with Gasteiger partial charge in [0.15, 0.2) is 5.69 Å². The first-order valence-corrected chi connectivity index (χ1v) is 11.3. The number of aromatic amines is 1. The predicted molar refractivity (Wildman–Crippen MR) is 110 cm³/mol. The Morgan fingerprint density at radius 1 is 1.10 bits per heavy atom. The van der Waals surface area contributed by atoms with E-state index in [2.05, 4.69) is 26.3 Å². The second-order valence-electron chi connectivity index (χ2n) is 8.35. The lowest BCUT2D eigenvalue weighted by Gasteiger charge is -2.36. The first-order valence-electron chi connectivity index (χ1n) is 10.4. The molecule has 156 valence electrons. The molecule has 4 nitrogen and oxygen atoms in total. The summed E-state index contributed by atoms with van der Waals surface area (Å²) >= 11 is 1.04. The van der Waals surface area contributed by atoms with Crippen molar-refractivity contribution >= 4 is 23.2 Å². The summed E-state index contributed by atoms with van der Waals surface area (Å²) in [4.78, 5) is 9.66. The third-order valence-corrected chi connectivity index (χ3v) is 7.50. The number of thiazole rings is 1. The van der Waals surface area contributed by atoms with Crippen molar-refractivity contribution in [3.8, 4) is 10.6 Å². The molecule has 2 fully saturated rings. The molecule has 0 atom stereocenters. The van der Waals surface area contributed by atoms with Crippen LogP contribution in [0.5, 0.6) is 0 Å². The normalized spacial score (nSPS) is 25.6. The fraction of sp³-hybridized carbons (Fsp3) is 0.571. The van der Waals surface area contributed by atoms with E-state index in [0.29, 0.717) is 10.9 Å². The molecule has 2 aliphatic heterocycles. The lowest BCUT2D eigenvalue weighted by Crippen LogP contribution is -2.36. The highest BCUT2D eigenvalue weighted by atomic mass is 32.1. The number of hydrogen-bond acceptors (Lipinski definition) is 4. The van der Waals surface area contributed by atoms with Crippen LogP contribution in [0, 0.1) is 5.92 Å². The number of anilines is 1. The van der Waals surface area contributed by atoms with Gasteiger partial charge in [-0.3, -0.25) is 0 Å². The Kier molecular flexibility index (Phi) is 4.94. The number of H-pyrrole nitrogens is 1. The molecule has 2 aromatic rings. The van der Waals surface area contributed by atoms with Gasteiger partial charge in [0.1, 0.15) is 10.8 Å². The third-order valence-electron chi connectivity index (χ3n) is 6.62. The smallest absolute Gasteiger partial charge is 0.367 e. The Labute approximate surface area is 172 Å². The van der Waals surface area contributed by atoms with E-state index in [4.69, 9.17) is 0 Å². The van der Waals surface area contributed by atoms with E-state index in [0.717, 1.165) is 46.2 Å². The molecule has 0 radical (unpaired) electrons. The minimum Gasteiger partial charge on any atom is -0.367 e. The third kappa shape index (κ3) is 3.72. The van der Waals surface area contributed by atoms with Gasteiger partial charge in [0.2, 0.25) is 0 Å². The molecule has 4 heterocycles. The van der Waals surface area contributed by atoms with Crippen LogP contribution < -0.4 is 5.32 Å². The van der Waals surface area contributed by atoms with E-state index >= 15 is 0 Å². The van der Waals surface area contributed by atoms with Gasteiger partial charge in [-0.1, -0.05) is 0 Å². The Hall–Kier alpha value is -1.80. The number of rotatable bonds is 3. The minimum absolute atomic E-state index is 0.409. The molecule has 29 heavy (non-hydrogen) atoms. The van der Waals surface area contributed by atoms with Crippen molar-refractivity contribution in [2.45, 2.75) is 50.7 Å². The van der Waals surface area contributed by atoms with E-state index in [1.54, 1.807) is 6.20 Å². The zero-order valence-corrected chi connectivity index (χ0v) is 17.0. The Balaban J connectivity index is 1.34. The predicted octanol–water partition coefficient (Wildman–Crippen LogP) is 5.62. The van der Waals surface area contributed by atoms with Crippen molar-refractivity contribution in [1.82, 2.24) is 14.9 Å². The lowest BCUT2D eigenvalue weighted by atomic mass is 9.79. The lowest BCUT2D eigenvalue weighted by molar-refractivity contribution is -0.140. The number of fused-ring (bicyclic) bond motifs is 1. The van der Waals surface area contributed by atoms with Crippen LogP contribution in [-0.4, -0.2) is 40.5 Å². The van der Waals surface area contributed by atoms with E-state index in [-0.39, 0.29) is 0 Å². The highest BCUT2D eigenvalue weighted by Gasteiger charge is 2.35. The maximum atomic E-state index is 12.9. The van der Waals surface area contributed by atoms with Gasteiger partial charge >= 0.3 is 6.18 Å². The van der Waals surface area contributed by atoms with Crippen LogP contribution in [0.4, 0.5) is 19.0 Å². The van der Waals surface area contributed by atoms with Crippen LogP contribution in [0.15, 0.2) is 17.2 Å². The summed E-state index contributed by atoms with van der Waals surface area (Å²) in [5.74, 6) is 1.43. The SMILES string of the molecule is FC(F)(F)c1csc(-c2c[nH]c3c2C=C(C2CCC(N4CCCC4)CC2)CN3)n1.